The summed E-state index contributed by atoms with van der Waals surface area (Å²) in [5.74, 6) is -0.357. The minimum absolute atomic E-state index is 0.143. The van der Waals surface area contributed by atoms with Gasteiger partial charge in [-0.2, -0.15) is 5.10 Å². The first-order chi connectivity index (χ1) is 7.34. The molecule has 90 valence electrons. The summed E-state index contributed by atoms with van der Waals surface area (Å²) < 4.78 is 28.4. The number of sulfone groups is 1. The second-order valence-electron chi connectivity index (χ2n) is 3.56. The molecule has 0 spiro atoms. The molecule has 0 saturated carbocycles. The number of carbonyl (C=O) groups excluding carboxylic acids is 1. The summed E-state index contributed by atoms with van der Waals surface area (Å²) in [4.78, 5) is 11.2. The lowest BCUT2D eigenvalue weighted by atomic mass is 10.2. The van der Waals surface area contributed by atoms with Crippen molar-refractivity contribution in [2.75, 3.05) is 13.4 Å². The first-order valence-corrected chi connectivity index (χ1v) is 6.54. The van der Waals surface area contributed by atoms with Crippen molar-refractivity contribution in [3.8, 4) is 0 Å². The highest BCUT2D eigenvalue weighted by atomic mass is 32.2. The fraction of sp³-hybridized carbons (Fsp3) is 0.556. The Labute approximate surface area is 94.1 Å². The van der Waals surface area contributed by atoms with Gasteiger partial charge in [-0.05, 0) is 6.92 Å². The lowest BCUT2D eigenvalue weighted by Gasteiger charge is -2.09. The summed E-state index contributed by atoms with van der Waals surface area (Å²) in [5, 5.41) is 3.90. The molecule has 0 aliphatic heterocycles. The maximum absolute atomic E-state index is 11.2. The first-order valence-electron chi connectivity index (χ1n) is 4.65. The molecule has 0 bridgehead atoms. The summed E-state index contributed by atoms with van der Waals surface area (Å²) >= 11 is 0. The Kier molecular flexibility index (Phi) is 3.69. The third-order valence-corrected chi connectivity index (χ3v) is 3.21. The smallest absolute Gasteiger partial charge is 0.307 e. The van der Waals surface area contributed by atoms with E-state index >= 15 is 0 Å². The van der Waals surface area contributed by atoms with Crippen LogP contribution in [0.5, 0.6) is 0 Å². The summed E-state index contributed by atoms with van der Waals surface area (Å²) in [6, 6.07) is -0.233. The molecule has 7 heteroatoms. The third kappa shape index (κ3) is 3.06. The van der Waals surface area contributed by atoms with Crippen LogP contribution in [0.1, 0.15) is 19.4 Å². The Morgan fingerprint density at radius 2 is 2.25 bits per heavy atom. The molecule has 0 saturated heterocycles. The largest absolute Gasteiger partial charge is 0.469 e. The van der Waals surface area contributed by atoms with Crippen LogP contribution >= 0.6 is 0 Å². The molecule has 0 N–H and O–H groups in total. The standard InChI is InChI=1S/C9H14N2O4S/c1-7(4-9(12)15-2)11-6-8(5-10-11)16(3,13)14/h5-7H,4H2,1-3H3. The van der Waals surface area contributed by atoms with Crippen LogP contribution in [-0.2, 0) is 19.4 Å². The van der Waals surface area contributed by atoms with Crippen LogP contribution in [0.15, 0.2) is 17.3 Å². The summed E-state index contributed by atoms with van der Waals surface area (Å²) in [5.41, 5.74) is 0. The lowest BCUT2D eigenvalue weighted by molar-refractivity contribution is -0.141. The Morgan fingerprint density at radius 3 is 2.69 bits per heavy atom. The highest BCUT2D eigenvalue weighted by molar-refractivity contribution is 7.90. The van der Waals surface area contributed by atoms with E-state index in [0.717, 1.165) is 6.26 Å². The quantitative estimate of drug-likeness (QED) is 0.719. The van der Waals surface area contributed by atoms with E-state index < -0.39 is 9.84 Å². The van der Waals surface area contributed by atoms with E-state index in [9.17, 15) is 13.2 Å². The molecule has 16 heavy (non-hydrogen) atoms. The lowest BCUT2D eigenvalue weighted by Crippen LogP contribution is -2.12. The topological polar surface area (TPSA) is 78.3 Å². The maximum Gasteiger partial charge on any atom is 0.307 e. The van der Waals surface area contributed by atoms with Gasteiger partial charge in [0.1, 0.15) is 4.90 Å². The van der Waals surface area contributed by atoms with Gasteiger partial charge in [-0.25, -0.2) is 8.42 Å². The molecule has 0 radical (unpaired) electrons. The fourth-order valence-corrected chi connectivity index (χ4v) is 1.71. The number of nitrogens with zero attached hydrogens (tertiary/aromatic N) is 2. The van der Waals surface area contributed by atoms with E-state index in [0.29, 0.717) is 0 Å². The number of esters is 1. The molecule has 0 aliphatic rings. The molecule has 1 aromatic heterocycles. The van der Waals surface area contributed by atoms with Gasteiger partial charge in [0.25, 0.3) is 0 Å². The Bertz CT molecular complexity index is 477. The van der Waals surface area contributed by atoms with Crippen LogP contribution in [-0.4, -0.2) is 37.5 Å². The number of carbonyl (C=O) groups is 1. The number of aromatic nitrogens is 2. The number of rotatable bonds is 4. The number of methoxy groups -OCH3 is 1. The van der Waals surface area contributed by atoms with Crippen molar-refractivity contribution in [2.24, 2.45) is 0 Å². The molecule has 0 aromatic carbocycles. The minimum atomic E-state index is -3.25. The van der Waals surface area contributed by atoms with Crippen LogP contribution in [0.2, 0.25) is 0 Å². The summed E-state index contributed by atoms with van der Waals surface area (Å²) in [6.07, 6.45) is 3.94. The molecule has 1 rings (SSSR count). The summed E-state index contributed by atoms with van der Waals surface area (Å²) in [7, 11) is -1.94. The molecular formula is C9H14N2O4S. The van der Waals surface area contributed by atoms with Crippen molar-refractivity contribution >= 4 is 15.8 Å². The summed E-state index contributed by atoms with van der Waals surface area (Å²) in [6.45, 7) is 1.76. The zero-order valence-electron chi connectivity index (χ0n) is 9.37. The van der Waals surface area contributed by atoms with Crippen molar-refractivity contribution in [2.45, 2.75) is 24.3 Å². The zero-order valence-corrected chi connectivity index (χ0v) is 10.2. The second-order valence-corrected chi connectivity index (χ2v) is 5.57. The predicted octanol–water partition coefficient (Wildman–Crippen LogP) is 0.411. The van der Waals surface area contributed by atoms with Gasteiger partial charge in [0.05, 0.1) is 25.8 Å². The molecule has 1 heterocycles. The van der Waals surface area contributed by atoms with Crippen LogP contribution in [0, 0.1) is 0 Å². The van der Waals surface area contributed by atoms with Gasteiger partial charge in [-0.3, -0.25) is 9.48 Å². The average Bonchev–Trinajstić information content (AvgIpc) is 2.65. The second kappa shape index (κ2) is 4.65. The normalized spacial score (nSPS) is 13.4. The van der Waals surface area contributed by atoms with E-state index in [-0.39, 0.29) is 23.3 Å². The number of hydrogen-bond acceptors (Lipinski definition) is 5. The maximum atomic E-state index is 11.2. The highest BCUT2D eigenvalue weighted by Gasteiger charge is 2.15. The van der Waals surface area contributed by atoms with Crippen LogP contribution in [0.3, 0.4) is 0 Å². The molecule has 0 amide bonds. The highest BCUT2D eigenvalue weighted by Crippen LogP contribution is 2.14. The van der Waals surface area contributed by atoms with E-state index in [2.05, 4.69) is 9.84 Å². The van der Waals surface area contributed by atoms with Crippen LogP contribution in [0.25, 0.3) is 0 Å². The van der Waals surface area contributed by atoms with Crippen LogP contribution < -0.4 is 0 Å². The Morgan fingerprint density at radius 1 is 1.62 bits per heavy atom. The molecule has 1 unspecified atom stereocenters. The molecule has 0 fully saturated rings. The van der Waals surface area contributed by atoms with Gasteiger partial charge in [-0.15, -0.1) is 0 Å². The molecule has 1 aromatic rings. The SMILES string of the molecule is COC(=O)CC(C)n1cc(S(C)(=O)=O)cn1. The van der Waals surface area contributed by atoms with Crippen molar-refractivity contribution in [3.05, 3.63) is 12.4 Å². The van der Waals surface area contributed by atoms with Gasteiger partial charge in [-0.1, -0.05) is 0 Å². The van der Waals surface area contributed by atoms with Gasteiger partial charge < -0.3 is 4.74 Å². The first kappa shape index (κ1) is 12.7. The monoisotopic (exact) mass is 246 g/mol. The minimum Gasteiger partial charge on any atom is -0.469 e. The van der Waals surface area contributed by atoms with Crippen molar-refractivity contribution in [1.29, 1.82) is 0 Å². The average molecular weight is 246 g/mol. The van der Waals surface area contributed by atoms with Gasteiger partial charge in [0, 0.05) is 12.5 Å². The number of hydrogen-bond donors (Lipinski definition) is 0. The predicted molar refractivity (Wildman–Crippen MR) is 56.7 cm³/mol. The third-order valence-electron chi connectivity index (χ3n) is 2.15. The Hall–Kier alpha value is -1.37. The van der Waals surface area contributed by atoms with E-state index in [1.165, 1.54) is 24.2 Å². The molecule has 6 nitrogen and oxygen atoms in total. The van der Waals surface area contributed by atoms with E-state index in [4.69, 9.17) is 0 Å². The van der Waals surface area contributed by atoms with Gasteiger partial charge in [0.15, 0.2) is 9.84 Å². The van der Waals surface area contributed by atoms with Crippen molar-refractivity contribution in [3.63, 3.8) is 0 Å². The van der Waals surface area contributed by atoms with E-state index in [1.807, 2.05) is 0 Å². The molecule has 0 aliphatic carbocycles. The van der Waals surface area contributed by atoms with Gasteiger partial charge in [0.2, 0.25) is 0 Å². The zero-order chi connectivity index (χ0) is 12.3. The van der Waals surface area contributed by atoms with Crippen LogP contribution in [0.4, 0.5) is 0 Å². The number of ether oxygens (including phenoxy) is 1. The molecular weight excluding hydrogens is 232 g/mol. The van der Waals surface area contributed by atoms with Crippen molar-refractivity contribution < 1.29 is 17.9 Å². The van der Waals surface area contributed by atoms with E-state index in [1.54, 1.807) is 6.92 Å². The van der Waals surface area contributed by atoms with Gasteiger partial charge >= 0.3 is 5.97 Å². The molecule has 1 atom stereocenters. The fourth-order valence-electron chi connectivity index (χ4n) is 1.17. The Balaban J connectivity index is 2.82. The van der Waals surface area contributed by atoms with Crippen molar-refractivity contribution in [1.82, 2.24) is 9.78 Å².